The number of pyridine rings is 1. The van der Waals surface area contributed by atoms with Gasteiger partial charge in [0.2, 0.25) is 0 Å². The molecule has 0 saturated carbocycles. The molecule has 4 aromatic rings. The Balaban J connectivity index is 1.43. The van der Waals surface area contributed by atoms with Crippen molar-refractivity contribution in [2.45, 2.75) is 13.0 Å². The van der Waals surface area contributed by atoms with Gasteiger partial charge in [-0.2, -0.15) is 0 Å². The standard InChI is InChI=1S/C24H25N5O3/c1-31-19-13-18(14-20(15-19)32-2)27-24(30)26-12-10-22-28-21-9-6-11-25-23(21)29(22)16-17-7-4-3-5-8-17/h3-9,11,13-15H,10,12,16H2,1-2H3,(H2,26,27,30). The molecule has 0 unspecified atom stereocenters. The average Bonchev–Trinajstić information content (AvgIpc) is 3.16. The molecule has 8 nitrogen and oxygen atoms in total. The number of aromatic nitrogens is 3. The number of methoxy groups -OCH3 is 2. The Bertz CT molecular complexity index is 1180. The van der Waals surface area contributed by atoms with E-state index in [9.17, 15) is 4.79 Å². The molecule has 0 radical (unpaired) electrons. The zero-order valence-corrected chi connectivity index (χ0v) is 18.0. The summed E-state index contributed by atoms with van der Waals surface area (Å²) >= 11 is 0. The van der Waals surface area contributed by atoms with Gasteiger partial charge in [0.15, 0.2) is 5.65 Å². The summed E-state index contributed by atoms with van der Waals surface area (Å²) in [6.45, 7) is 1.09. The average molecular weight is 431 g/mol. The smallest absolute Gasteiger partial charge is 0.319 e. The van der Waals surface area contributed by atoms with Crippen LogP contribution in [0.25, 0.3) is 11.2 Å². The summed E-state index contributed by atoms with van der Waals surface area (Å²) in [6, 6.07) is 18.9. The van der Waals surface area contributed by atoms with Gasteiger partial charge in [-0.3, -0.25) is 0 Å². The Morgan fingerprint density at radius 1 is 1.00 bits per heavy atom. The Morgan fingerprint density at radius 3 is 2.47 bits per heavy atom. The summed E-state index contributed by atoms with van der Waals surface area (Å²) in [5.41, 5.74) is 3.42. The van der Waals surface area contributed by atoms with Crippen molar-refractivity contribution in [3.8, 4) is 11.5 Å². The van der Waals surface area contributed by atoms with Crippen molar-refractivity contribution in [3.63, 3.8) is 0 Å². The second kappa shape index (κ2) is 9.82. The molecule has 32 heavy (non-hydrogen) atoms. The van der Waals surface area contributed by atoms with Gasteiger partial charge in [-0.1, -0.05) is 30.3 Å². The van der Waals surface area contributed by atoms with Crippen LogP contribution < -0.4 is 20.1 Å². The fourth-order valence-electron chi connectivity index (χ4n) is 3.47. The number of anilines is 1. The normalized spacial score (nSPS) is 10.7. The summed E-state index contributed by atoms with van der Waals surface area (Å²) in [5.74, 6) is 2.06. The van der Waals surface area contributed by atoms with E-state index >= 15 is 0 Å². The first kappa shape index (κ1) is 21.2. The molecule has 2 heterocycles. The maximum Gasteiger partial charge on any atom is 0.319 e. The lowest BCUT2D eigenvalue weighted by Crippen LogP contribution is -2.31. The Kier molecular flexibility index (Phi) is 6.50. The molecule has 0 spiro atoms. The maximum absolute atomic E-state index is 12.4. The minimum Gasteiger partial charge on any atom is -0.497 e. The molecule has 4 rings (SSSR count). The van der Waals surface area contributed by atoms with Crippen LogP contribution in [0.15, 0.2) is 66.9 Å². The number of hydrogen-bond donors (Lipinski definition) is 2. The number of rotatable bonds is 8. The Labute approximate surface area is 186 Å². The largest absolute Gasteiger partial charge is 0.497 e. The molecule has 2 amide bonds. The summed E-state index contributed by atoms with van der Waals surface area (Å²) in [5, 5.41) is 5.69. The number of fused-ring (bicyclic) bond motifs is 1. The second-order valence-corrected chi connectivity index (χ2v) is 7.18. The molecule has 0 bridgehead atoms. The molecule has 8 heteroatoms. The van der Waals surface area contributed by atoms with Crippen LogP contribution in [0.4, 0.5) is 10.5 Å². The summed E-state index contributed by atoms with van der Waals surface area (Å²) in [4.78, 5) is 21.6. The number of carbonyl (C=O) groups excluding carboxylic acids is 1. The molecule has 2 aromatic carbocycles. The number of nitrogens with one attached hydrogen (secondary N) is 2. The predicted octanol–water partition coefficient (Wildman–Crippen LogP) is 3.86. The predicted molar refractivity (Wildman–Crippen MR) is 123 cm³/mol. The van der Waals surface area contributed by atoms with Crippen LogP contribution in [0.3, 0.4) is 0 Å². The van der Waals surface area contributed by atoms with Crippen molar-refractivity contribution >= 4 is 22.9 Å². The summed E-state index contributed by atoms with van der Waals surface area (Å²) < 4.78 is 12.6. The minimum absolute atomic E-state index is 0.316. The van der Waals surface area contributed by atoms with E-state index in [4.69, 9.17) is 14.5 Å². The van der Waals surface area contributed by atoms with Gasteiger partial charge in [0, 0.05) is 43.0 Å². The first-order chi connectivity index (χ1) is 15.7. The van der Waals surface area contributed by atoms with E-state index in [-0.39, 0.29) is 6.03 Å². The summed E-state index contributed by atoms with van der Waals surface area (Å²) in [7, 11) is 3.13. The van der Waals surface area contributed by atoms with Crippen LogP contribution in [-0.2, 0) is 13.0 Å². The third kappa shape index (κ3) is 4.97. The molecular weight excluding hydrogens is 406 g/mol. The molecule has 0 fully saturated rings. The number of urea groups is 1. The van der Waals surface area contributed by atoms with Gasteiger partial charge in [0.25, 0.3) is 0 Å². The molecule has 2 aromatic heterocycles. The zero-order chi connectivity index (χ0) is 22.3. The number of ether oxygens (including phenoxy) is 2. The molecular formula is C24H25N5O3. The lowest BCUT2D eigenvalue weighted by atomic mass is 10.2. The van der Waals surface area contributed by atoms with Gasteiger partial charge in [-0.05, 0) is 17.7 Å². The van der Waals surface area contributed by atoms with E-state index in [0.717, 1.165) is 22.6 Å². The van der Waals surface area contributed by atoms with Gasteiger partial charge < -0.3 is 24.7 Å². The highest BCUT2D eigenvalue weighted by Crippen LogP contribution is 2.25. The number of hydrogen-bond acceptors (Lipinski definition) is 5. The van der Waals surface area contributed by atoms with Gasteiger partial charge >= 0.3 is 6.03 Å². The third-order valence-electron chi connectivity index (χ3n) is 5.01. The van der Waals surface area contributed by atoms with E-state index < -0.39 is 0 Å². The van der Waals surface area contributed by atoms with E-state index in [1.54, 1.807) is 38.6 Å². The Morgan fingerprint density at radius 2 is 1.75 bits per heavy atom. The molecule has 0 aliphatic heterocycles. The zero-order valence-electron chi connectivity index (χ0n) is 18.0. The number of nitrogens with zero attached hydrogens (tertiary/aromatic N) is 3. The van der Waals surface area contributed by atoms with Crippen LogP contribution in [0.5, 0.6) is 11.5 Å². The maximum atomic E-state index is 12.4. The van der Waals surface area contributed by atoms with E-state index in [0.29, 0.717) is 36.7 Å². The fraction of sp³-hybridized carbons (Fsp3) is 0.208. The fourth-order valence-corrected chi connectivity index (χ4v) is 3.47. The van der Waals surface area contributed by atoms with E-state index in [1.165, 1.54) is 0 Å². The topological polar surface area (TPSA) is 90.3 Å². The number of carbonyl (C=O) groups is 1. The highest BCUT2D eigenvalue weighted by Gasteiger charge is 2.13. The third-order valence-corrected chi connectivity index (χ3v) is 5.01. The second-order valence-electron chi connectivity index (χ2n) is 7.18. The van der Waals surface area contributed by atoms with Gasteiger partial charge in [-0.25, -0.2) is 14.8 Å². The van der Waals surface area contributed by atoms with Crippen LogP contribution in [-0.4, -0.2) is 41.3 Å². The molecule has 0 aliphatic carbocycles. The highest BCUT2D eigenvalue weighted by molar-refractivity contribution is 5.89. The van der Waals surface area contributed by atoms with Gasteiger partial charge in [0.05, 0.1) is 20.8 Å². The first-order valence-electron chi connectivity index (χ1n) is 10.3. The van der Waals surface area contributed by atoms with Crippen molar-refractivity contribution < 1.29 is 14.3 Å². The minimum atomic E-state index is -0.316. The molecule has 2 N–H and O–H groups in total. The monoisotopic (exact) mass is 431 g/mol. The molecule has 164 valence electrons. The van der Waals surface area contributed by atoms with Crippen molar-refractivity contribution in [2.75, 3.05) is 26.1 Å². The van der Waals surface area contributed by atoms with Crippen LogP contribution in [0.2, 0.25) is 0 Å². The SMILES string of the molecule is COc1cc(NC(=O)NCCc2nc3cccnc3n2Cc2ccccc2)cc(OC)c1. The van der Waals surface area contributed by atoms with Gasteiger partial charge in [-0.15, -0.1) is 0 Å². The van der Waals surface area contributed by atoms with Crippen LogP contribution in [0, 0.1) is 0 Å². The molecule has 0 saturated heterocycles. The number of benzene rings is 2. The van der Waals surface area contributed by atoms with E-state index in [1.807, 2.05) is 30.3 Å². The van der Waals surface area contributed by atoms with Crippen molar-refractivity contribution in [1.29, 1.82) is 0 Å². The Hall–Kier alpha value is -4.07. The lowest BCUT2D eigenvalue weighted by Gasteiger charge is -2.12. The number of imidazole rings is 1. The van der Waals surface area contributed by atoms with Crippen molar-refractivity contribution in [3.05, 3.63) is 78.2 Å². The van der Waals surface area contributed by atoms with Crippen LogP contribution >= 0.6 is 0 Å². The summed E-state index contributed by atoms with van der Waals surface area (Å²) in [6.07, 6.45) is 2.33. The van der Waals surface area contributed by atoms with E-state index in [2.05, 4.69) is 32.3 Å². The lowest BCUT2D eigenvalue weighted by molar-refractivity contribution is 0.252. The van der Waals surface area contributed by atoms with Crippen LogP contribution in [0.1, 0.15) is 11.4 Å². The highest BCUT2D eigenvalue weighted by atomic mass is 16.5. The molecule has 0 aliphatic rings. The first-order valence-corrected chi connectivity index (χ1v) is 10.3. The van der Waals surface area contributed by atoms with Gasteiger partial charge in [0.1, 0.15) is 22.8 Å². The number of amides is 2. The van der Waals surface area contributed by atoms with Crippen molar-refractivity contribution in [1.82, 2.24) is 19.9 Å². The molecule has 0 atom stereocenters. The quantitative estimate of drug-likeness (QED) is 0.442. The van der Waals surface area contributed by atoms with Crippen molar-refractivity contribution in [2.24, 2.45) is 0 Å².